The normalized spacial score (nSPS) is 18.6. The Hall–Kier alpha value is -2.89. The van der Waals surface area contributed by atoms with Crippen molar-refractivity contribution in [2.24, 2.45) is 0 Å². The first kappa shape index (κ1) is 23.3. The summed E-state index contributed by atoms with van der Waals surface area (Å²) in [5.41, 5.74) is 6.44. The summed E-state index contributed by atoms with van der Waals surface area (Å²) in [4.78, 5) is 12.5. The van der Waals surface area contributed by atoms with E-state index in [2.05, 4.69) is 49.0 Å². The molecule has 2 aromatic carbocycles. The molecular weight excluding hydrogens is 416 g/mol. The van der Waals surface area contributed by atoms with Crippen molar-refractivity contribution in [3.05, 3.63) is 83.6 Å². The number of ether oxygens (including phenoxy) is 4. The van der Waals surface area contributed by atoms with E-state index in [9.17, 15) is 4.79 Å². The molecule has 2 unspecified atom stereocenters. The maximum Gasteiger partial charge on any atom is 0.373 e. The van der Waals surface area contributed by atoms with Crippen molar-refractivity contribution in [2.75, 3.05) is 26.9 Å². The van der Waals surface area contributed by atoms with Crippen LogP contribution in [-0.2, 0) is 30.2 Å². The van der Waals surface area contributed by atoms with Crippen molar-refractivity contribution >= 4 is 5.97 Å². The zero-order valence-electron chi connectivity index (χ0n) is 19.3. The predicted octanol–water partition coefficient (Wildman–Crippen LogP) is 5.53. The average molecular weight is 449 g/mol. The SMILES string of the molecule is C=CCOC(=O)C1=CC(c2ccc3c(c2)Cc2ccccc2-3)CC(OCCCCCOC)O1. The summed E-state index contributed by atoms with van der Waals surface area (Å²) in [6.45, 7) is 5.09. The van der Waals surface area contributed by atoms with Gasteiger partial charge in [-0.3, -0.25) is 0 Å². The first-order valence-corrected chi connectivity index (χ1v) is 11.7. The van der Waals surface area contributed by atoms with Gasteiger partial charge in [-0.1, -0.05) is 55.1 Å². The van der Waals surface area contributed by atoms with Crippen LogP contribution in [0.15, 0.2) is 67.0 Å². The van der Waals surface area contributed by atoms with Crippen molar-refractivity contribution in [2.45, 2.75) is 44.3 Å². The van der Waals surface area contributed by atoms with Gasteiger partial charge in [0.15, 0.2) is 0 Å². The third kappa shape index (κ3) is 5.73. The van der Waals surface area contributed by atoms with Crippen LogP contribution in [0.5, 0.6) is 0 Å². The van der Waals surface area contributed by atoms with Gasteiger partial charge in [-0.05, 0) is 59.6 Å². The lowest BCUT2D eigenvalue weighted by Gasteiger charge is -2.29. The van der Waals surface area contributed by atoms with Gasteiger partial charge >= 0.3 is 5.97 Å². The molecule has 1 aliphatic heterocycles. The smallest absolute Gasteiger partial charge is 0.373 e. The standard InChI is InChI=1S/C28H32O5/c1-3-13-32-28(29)26-18-22(19-27(33-26)31-15-8-4-7-14-30-2)20-11-12-25-23(16-20)17-21-9-5-6-10-24(21)25/h3,5-6,9-12,16,18,22,27H,1,4,7-8,13-15,17,19H2,2H3. The van der Waals surface area contributed by atoms with E-state index in [0.29, 0.717) is 13.0 Å². The van der Waals surface area contributed by atoms with Crippen molar-refractivity contribution < 1.29 is 23.7 Å². The number of methoxy groups -OCH3 is 1. The molecule has 2 aliphatic rings. The highest BCUT2D eigenvalue weighted by Gasteiger charge is 2.30. The Morgan fingerprint density at radius 3 is 2.76 bits per heavy atom. The van der Waals surface area contributed by atoms with Crippen LogP contribution in [-0.4, -0.2) is 39.2 Å². The van der Waals surface area contributed by atoms with Gasteiger partial charge in [-0.2, -0.15) is 0 Å². The van der Waals surface area contributed by atoms with E-state index >= 15 is 0 Å². The molecule has 0 aromatic heterocycles. The van der Waals surface area contributed by atoms with Gasteiger partial charge in [0, 0.05) is 26.1 Å². The number of allylic oxidation sites excluding steroid dienone is 1. The predicted molar refractivity (Wildman–Crippen MR) is 128 cm³/mol. The molecule has 2 atom stereocenters. The molecule has 0 fully saturated rings. The van der Waals surface area contributed by atoms with E-state index in [0.717, 1.165) is 37.9 Å². The van der Waals surface area contributed by atoms with Crippen LogP contribution >= 0.6 is 0 Å². The number of rotatable bonds is 11. The second kappa shape index (κ2) is 11.3. The summed E-state index contributed by atoms with van der Waals surface area (Å²) in [5.74, 6) is -0.263. The van der Waals surface area contributed by atoms with Gasteiger partial charge in [0.1, 0.15) is 6.61 Å². The molecule has 0 saturated heterocycles. The summed E-state index contributed by atoms with van der Waals surface area (Å²) >= 11 is 0. The summed E-state index contributed by atoms with van der Waals surface area (Å²) in [5, 5.41) is 0. The molecule has 0 bridgehead atoms. The third-order valence-corrected chi connectivity index (χ3v) is 6.13. The topological polar surface area (TPSA) is 54.0 Å². The number of esters is 1. The molecule has 1 aliphatic carbocycles. The van der Waals surface area contributed by atoms with Crippen molar-refractivity contribution in [1.82, 2.24) is 0 Å². The molecule has 0 radical (unpaired) electrons. The molecule has 2 aromatic rings. The van der Waals surface area contributed by atoms with Crippen LogP contribution in [0.25, 0.3) is 11.1 Å². The van der Waals surface area contributed by atoms with E-state index in [4.69, 9.17) is 18.9 Å². The minimum atomic E-state index is -0.487. The van der Waals surface area contributed by atoms with Crippen molar-refractivity contribution in [1.29, 1.82) is 0 Å². The number of hydrogen-bond acceptors (Lipinski definition) is 5. The van der Waals surface area contributed by atoms with E-state index in [1.807, 2.05) is 6.08 Å². The monoisotopic (exact) mass is 448 g/mol. The molecule has 33 heavy (non-hydrogen) atoms. The third-order valence-electron chi connectivity index (χ3n) is 6.13. The quantitative estimate of drug-likeness (QED) is 0.219. The van der Waals surface area contributed by atoms with Gasteiger partial charge in [-0.15, -0.1) is 0 Å². The summed E-state index contributed by atoms with van der Waals surface area (Å²) in [6.07, 6.45) is 7.47. The summed E-state index contributed by atoms with van der Waals surface area (Å²) < 4.78 is 22.2. The second-order valence-electron chi connectivity index (χ2n) is 8.48. The van der Waals surface area contributed by atoms with E-state index < -0.39 is 12.3 Å². The van der Waals surface area contributed by atoms with Crippen molar-refractivity contribution in [3.8, 4) is 11.1 Å². The number of carbonyl (C=O) groups excluding carboxylic acids is 1. The molecule has 0 amide bonds. The van der Waals surface area contributed by atoms with E-state index in [-0.39, 0.29) is 18.3 Å². The minimum Gasteiger partial charge on any atom is -0.458 e. The molecule has 174 valence electrons. The first-order chi connectivity index (χ1) is 16.2. The molecule has 5 heteroatoms. The zero-order chi connectivity index (χ0) is 23.0. The van der Waals surface area contributed by atoms with Gasteiger partial charge in [-0.25, -0.2) is 4.79 Å². The minimum absolute atomic E-state index is 0.0116. The molecular formula is C28H32O5. The van der Waals surface area contributed by atoms with Crippen LogP contribution in [0.1, 0.15) is 48.3 Å². The molecule has 0 spiro atoms. The maximum atomic E-state index is 12.5. The highest BCUT2D eigenvalue weighted by Crippen LogP contribution is 2.39. The molecule has 4 rings (SSSR count). The fourth-order valence-corrected chi connectivity index (χ4v) is 4.48. The average Bonchev–Trinajstić information content (AvgIpc) is 3.22. The van der Waals surface area contributed by atoms with Crippen LogP contribution in [0.2, 0.25) is 0 Å². The Bertz CT molecular complexity index is 1010. The largest absolute Gasteiger partial charge is 0.458 e. The number of fused-ring (bicyclic) bond motifs is 3. The van der Waals surface area contributed by atoms with Crippen molar-refractivity contribution in [3.63, 3.8) is 0 Å². The van der Waals surface area contributed by atoms with Gasteiger partial charge < -0.3 is 18.9 Å². The summed E-state index contributed by atoms with van der Waals surface area (Å²) in [7, 11) is 1.71. The van der Waals surface area contributed by atoms with Crippen LogP contribution in [0.4, 0.5) is 0 Å². The lowest BCUT2D eigenvalue weighted by Crippen LogP contribution is -2.28. The summed E-state index contributed by atoms with van der Waals surface area (Å²) in [6, 6.07) is 15.2. The van der Waals surface area contributed by atoms with E-state index in [1.165, 1.54) is 22.3 Å². The Kier molecular flexibility index (Phi) is 7.97. The number of benzene rings is 2. The molecule has 1 heterocycles. The lowest BCUT2D eigenvalue weighted by molar-refractivity contribution is -0.160. The fourth-order valence-electron chi connectivity index (χ4n) is 4.48. The molecule has 0 saturated carbocycles. The van der Waals surface area contributed by atoms with E-state index in [1.54, 1.807) is 13.2 Å². The highest BCUT2D eigenvalue weighted by molar-refractivity contribution is 5.86. The highest BCUT2D eigenvalue weighted by atomic mass is 16.7. The Balaban J connectivity index is 1.48. The Morgan fingerprint density at radius 1 is 1.09 bits per heavy atom. The lowest BCUT2D eigenvalue weighted by atomic mass is 9.90. The second-order valence-corrected chi connectivity index (χ2v) is 8.48. The Labute approximate surface area is 196 Å². The first-order valence-electron chi connectivity index (χ1n) is 11.7. The number of unbranched alkanes of at least 4 members (excludes halogenated alkanes) is 2. The van der Waals surface area contributed by atoms with Gasteiger partial charge in [0.2, 0.25) is 12.0 Å². The Morgan fingerprint density at radius 2 is 1.91 bits per heavy atom. The number of hydrogen-bond donors (Lipinski definition) is 0. The zero-order valence-corrected chi connectivity index (χ0v) is 19.3. The van der Waals surface area contributed by atoms with Crippen LogP contribution in [0, 0.1) is 0 Å². The fraction of sp³-hybridized carbons (Fsp3) is 0.393. The number of carbonyl (C=O) groups is 1. The van der Waals surface area contributed by atoms with Gasteiger partial charge in [0.05, 0.1) is 6.61 Å². The molecule has 0 N–H and O–H groups in total. The van der Waals surface area contributed by atoms with Gasteiger partial charge in [0.25, 0.3) is 0 Å². The maximum absolute atomic E-state index is 12.5. The van der Waals surface area contributed by atoms with Crippen LogP contribution in [0.3, 0.4) is 0 Å². The van der Waals surface area contributed by atoms with Crippen LogP contribution < -0.4 is 0 Å². The molecule has 5 nitrogen and oxygen atoms in total.